The fourth-order valence-electron chi connectivity index (χ4n) is 2.74. The Morgan fingerprint density at radius 3 is 2.38 bits per heavy atom. The Hall–Kier alpha value is -1.96. The normalized spacial score (nSPS) is 17.2. The van der Waals surface area contributed by atoms with Gasteiger partial charge in [0, 0.05) is 12.0 Å². The van der Waals surface area contributed by atoms with Crippen molar-refractivity contribution >= 4 is 0 Å². The Labute approximate surface area is 126 Å². The van der Waals surface area contributed by atoms with Crippen LogP contribution >= 0.6 is 0 Å². The zero-order valence-electron chi connectivity index (χ0n) is 13.1. The second kappa shape index (κ2) is 5.10. The molecule has 0 aliphatic carbocycles. The molecule has 1 aliphatic rings. The van der Waals surface area contributed by atoms with E-state index in [1.54, 1.807) is 7.11 Å². The van der Waals surface area contributed by atoms with Crippen molar-refractivity contribution in [1.29, 1.82) is 0 Å². The molecule has 2 aromatic carbocycles. The molecular weight excluding hydrogens is 260 g/mol. The zero-order chi connectivity index (χ0) is 15.0. The minimum Gasteiger partial charge on any atom is -0.497 e. The molecule has 0 spiro atoms. The summed E-state index contributed by atoms with van der Waals surface area (Å²) in [6.45, 7) is 6.70. The molecule has 2 nitrogen and oxygen atoms in total. The van der Waals surface area contributed by atoms with E-state index in [0.29, 0.717) is 0 Å². The zero-order valence-corrected chi connectivity index (χ0v) is 13.1. The molecule has 0 N–H and O–H groups in total. The summed E-state index contributed by atoms with van der Waals surface area (Å²) >= 11 is 0. The van der Waals surface area contributed by atoms with Gasteiger partial charge >= 0.3 is 0 Å². The summed E-state index contributed by atoms with van der Waals surface area (Å²) in [6.07, 6.45) is 1.02. The summed E-state index contributed by atoms with van der Waals surface area (Å²) in [5.74, 6) is 1.86. The maximum absolute atomic E-state index is 6.06. The number of hydrogen-bond donors (Lipinski definition) is 0. The molecule has 110 valence electrons. The highest BCUT2D eigenvalue weighted by molar-refractivity contribution is 5.45. The predicted molar refractivity (Wildman–Crippen MR) is 85.2 cm³/mol. The third-order valence-electron chi connectivity index (χ3n) is 4.09. The second-order valence-electron chi connectivity index (χ2n) is 6.66. The molecule has 1 atom stereocenters. The van der Waals surface area contributed by atoms with E-state index in [1.807, 2.05) is 12.1 Å². The van der Waals surface area contributed by atoms with E-state index in [4.69, 9.17) is 9.47 Å². The monoisotopic (exact) mass is 282 g/mol. The van der Waals surface area contributed by atoms with Gasteiger partial charge in [0.25, 0.3) is 0 Å². The van der Waals surface area contributed by atoms with E-state index < -0.39 is 0 Å². The van der Waals surface area contributed by atoms with Gasteiger partial charge in [-0.2, -0.15) is 0 Å². The van der Waals surface area contributed by atoms with Gasteiger partial charge in [-0.3, -0.25) is 0 Å². The van der Waals surface area contributed by atoms with Crippen molar-refractivity contribution in [3.63, 3.8) is 0 Å². The molecule has 21 heavy (non-hydrogen) atoms. The van der Waals surface area contributed by atoms with Crippen LogP contribution in [0.3, 0.4) is 0 Å². The standard InChI is InChI=1S/C19H22O2/c1-19(2,3)15-7-5-13(6-8-15)18-12-14-11-16(20-4)9-10-17(14)21-18/h5-11,18H,12H2,1-4H3/t18-/m0/s1. The number of fused-ring (bicyclic) bond motifs is 1. The van der Waals surface area contributed by atoms with Crippen molar-refractivity contribution < 1.29 is 9.47 Å². The molecule has 0 fully saturated rings. The van der Waals surface area contributed by atoms with Crippen LogP contribution in [0.1, 0.15) is 43.6 Å². The highest BCUT2D eigenvalue weighted by Crippen LogP contribution is 2.38. The molecule has 1 aliphatic heterocycles. The lowest BCUT2D eigenvalue weighted by Crippen LogP contribution is -2.11. The molecule has 0 bridgehead atoms. The number of hydrogen-bond acceptors (Lipinski definition) is 2. The average Bonchev–Trinajstić information content (AvgIpc) is 2.89. The van der Waals surface area contributed by atoms with Gasteiger partial charge in [0.2, 0.25) is 0 Å². The minimum atomic E-state index is 0.112. The van der Waals surface area contributed by atoms with Crippen LogP contribution in [0, 0.1) is 0 Å². The van der Waals surface area contributed by atoms with Crippen LogP contribution < -0.4 is 9.47 Å². The van der Waals surface area contributed by atoms with Gasteiger partial charge in [0.15, 0.2) is 0 Å². The highest BCUT2D eigenvalue weighted by atomic mass is 16.5. The van der Waals surface area contributed by atoms with Crippen LogP contribution in [0.5, 0.6) is 11.5 Å². The fourth-order valence-corrected chi connectivity index (χ4v) is 2.74. The first-order chi connectivity index (χ1) is 9.97. The van der Waals surface area contributed by atoms with Crippen molar-refractivity contribution in [2.45, 2.75) is 38.7 Å². The SMILES string of the molecule is COc1ccc2c(c1)C[C@@H](c1ccc(C(C)(C)C)cc1)O2. The van der Waals surface area contributed by atoms with E-state index in [1.165, 1.54) is 16.7 Å². The van der Waals surface area contributed by atoms with Crippen LogP contribution in [0.25, 0.3) is 0 Å². The van der Waals surface area contributed by atoms with Crippen LogP contribution in [0.15, 0.2) is 42.5 Å². The lowest BCUT2D eigenvalue weighted by molar-refractivity contribution is 0.238. The summed E-state index contributed by atoms with van der Waals surface area (Å²) in [6, 6.07) is 14.8. The number of ether oxygens (including phenoxy) is 2. The Balaban J connectivity index is 1.81. The molecule has 2 aromatic rings. The van der Waals surface area contributed by atoms with E-state index in [-0.39, 0.29) is 11.5 Å². The largest absolute Gasteiger partial charge is 0.497 e. The van der Waals surface area contributed by atoms with E-state index in [0.717, 1.165) is 17.9 Å². The Bertz CT molecular complexity index is 636. The third kappa shape index (κ3) is 2.76. The van der Waals surface area contributed by atoms with Crippen LogP contribution in [-0.4, -0.2) is 7.11 Å². The molecule has 0 aromatic heterocycles. The fraction of sp³-hybridized carbons (Fsp3) is 0.368. The number of benzene rings is 2. The Morgan fingerprint density at radius 1 is 1.05 bits per heavy atom. The smallest absolute Gasteiger partial charge is 0.128 e. The lowest BCUT2D eigenvalue weighted by Gasteiger charge is -2.20. The molecule has 2 heteroatoms. The molecule has 0 saturated heterocycles. The molecule has 0 unspecified atom stereocenters. The summed E-state index contributed by atoms with van der Waals surface area (Å²) in [4.78, 5) is 0. The molecule has 3 rings (SSSR count). The van der Waals surface area contributed by atoms with E-state index in [2.05, 4.69) is 51.1 Å². The van der Waals surface area contributed by atoms with Gasteiger partial charge in [-0.25, -0.2) is 0 Å². The van der Waals surface area contributed by atoms with Gasteiger partial charge in [0.05, 0.1) is 7.11 Å². The number of rotatable bonds is 2. The minimum absolute atomic E-state index is 0.112. The lowest BCUT2D eigenvalue weighted by atomic mass is 9.86. The quantitative estimate of drug-likeness (QED) is 0.797. The Morgan fingerprint density at radius 2 is 1.76 bits per heavy atom. The van der Waals surface area contributed by atoms with Gasteiger partial charge < -0.3 is 9.47 Å². The molecule has 1 heterocycles. The topological polar surface area (TPSA) is 18.5 Å². The maximum atomic E-state index is 6.06. The summed E-state index contributed by atoms with van der Waals surface area (Å²) < 4.78 is 11.3. The van der Waals surface area contributed by atoms with Crippen LogP contribution in [0.2, 0.25) is 0 Å². The van der Waals surface area contributed by atoms with E-state index >= 15 is 0 Å². The van der Waals surface area contributed by atoms with Crippen LogP contribution in [0.4, 0.5) is 0 Å². The van der Waals surface area contributed by atoms with Gasteiger partial charge in [0.1, 0.15) is 17.6 Å². The van der Waals surface area contributed by atoms with Crippen molar-refractivity contribution in [3.05, 3.63) is 59.2 Å². The van der Waals surface area contributed by atoms with Gasteiger partial charge in [-0.1, -0.05) is 45.0 Å². The van der Waals surface area contributed by atoms with E-state index in [9.17, 15) is 0 Å². The van der Waals surface area contributed by atoms with Crippen molar-refractivity contribution in [2.75, 3.05) is 7.11 Å². The van der Waals surface area contributed by atoms with Gasteiger partial charge in [-0.05, 0) is 34.7 Å². The average molecular weight is 282 g/mol. The van der Waals surface area contributed by atoms with Crippen LogP contribution in [-0.2, 0) is 11.8 Å². The summed E-state index contributed by atoms with van der Waals surface area (Å²) in [7, 11) is 1.69. The first-order valence-electron chi connectivity index (χ1n) is 7.41. The highest BCUT2D eigenvalue weighted by Gasteiger charge is 2.25. The van der Waals surface area contributed by atoms with Gasteiger partial charge in [-0.15, -0.1) is 0 Å². The number of methoxy groups -OCH3 is 1. The Kier molecular flexibility index (Phi) is 3.40. The summed E-state index contributed by atoms with van der Waals surface area (Å²) in [5.41, 5.74) is 3.99. The first-order valence-corrected chi connectivity index (χ1v) is 7.41. The van der Waals surface area contributed by atoms with Crippen molar-refractivity contribution in [2.24, 2.45) is 0 Å². The molecular formula is C19H22O2. The molecule has 0 saturated carbocycles. The first kappa shape index (κ1) is 14.0. The second-order valence-corrected chi connectivity index (χ2v) is 6.66. The van der Waals surface area contributed by atoms with Crippen molar-refractivity contribution in [1.82, 2.24) is 0 Å². The molecule has 0 amide bonds. The summed E-state index contributed by atoms with van der Waals surface area (Å²) in [5, 5.41) is 0. The maximum Gasteiger partial charge on any atom is 0.128 e. The third-order valence-corrected chi connectivity index (χ3v) is 4.09. The predicted octanol–water partition coefficient (Wildman–Crippen LogP) is 4.67. The molecule has 0 radical (unpaired) electrons. The van der Waals surface area contributed by atoms with Crippen molar-refractivity contribution in [3.8, 4) is 11.5 Å².